The molecule has 72 valence electrons. The van der Waals surface area contributed by atoms with E-state index in [-0.39, 0.29) is 6.10 Å². The van der Waals surface area contributed by atoms with Gasteiger partial charge < -0.3 is 19.3 Å². The van der Waals surface area contributed by atoms with E-state index in [1.165, 1.54) is 0 Å². The first-order chi connectivity index (χ1) is 5.83. The number of rotatable bonds is 7. The second-order valence-corrected chi connectivity index (χ2v) is 2.81. The molecule has 0 radical (unpaired) electrons. The second-order valence-electron chi connectivity index (χ2n) is 2.81. The molecule has 4 heteroatoms. The molecular weight excluding hydrogens is 160 g/mol. The number of ether oxygens (including phenoxy) is 3. The molecule has 2 unspecified atom stereocenters. The fraction of sp³-hybridized carbons (Fsp3) is 1.00. The zero-order chi connectivity index (χ0) is 8.81. The molecule has 0 aromatic rings. The SMILES string of the molecule is CCOCC(O)COCC1CO1. The van der Waals surface area contributed by atoms with E-state index < -0.39 is 6.10 Å². The Bertz CT molecular complexity index is 114. The predicted octanol–water partition coefficient (Wildman–Crippen LogP) is -0.201. The zero-order valence-corrected chi connectivity index (χ0v) is 7.36. The van der Waals surface area contributed by atoms with Crippen molar-refractivity contribution in [3.05, 3.63) is 0 Å². The van der Waals surface area contributed by atoms with Crippen LogP contribution in [0, 0.1) is 0 Å². The molecule has 0 aromatic carbocycles. The van der Waals surface area contributed by atoms with Crippen LogP contribution in [-0.2, 0) is 14.2 Å². The molecule has 1 aliphatic rings. The highest BCUT2D eigenvalue weighted by Gasteiger charge is 2.22. The van der Waals surface area contributed by atoms with Crippen molar-refractivity contribution in [1.82, 2.24) is 0 Å². The summed E-state index contributed by atoms with van der Waals surface area (Å²) in [7, 11) is 0. The van der Waals surface area contributed by atoms with E-state index >= 15 is 0 Å². The van der Waals surface area contributed by atoms with Crippen LogP contribution in [0.5, 0.6) is 0 Å². The zero-order valence-electron chi connectivity index (χ0n) is 7.36. The number of hydrogen-bond acceptors (Lipinski definition) is 4. The normalized spacial score (nSPS) is 24.0. The maximum absolute atomic E-state index is 9.22. The van der Waals surface area contributed by atoms with Crippen LogP contribution in [0.15, 0.2) is 0 Å². The van der Waals surface area contributed by atoms with Crippen molar-refractivity contribution in [2.24, 2.45) is 0 Å². The van der Waals surface area contributed by atoms with Crippen molar-refractivity contribution >= 4 is 0 Å². The lowest BCUT2D eigenvalue weighted by atomic mass is 10.4. The van der Waals surface area contributed by atoms with Crippen LogP contribution in [0.1, 0.15) is 6.92 Å². The lowest BCUT2D eigenvalue weighted by molar-refractivity contribution is -0.0188. The van der Waals surface area contributed by atoms with Gasteiger partial charge in [0.1, 0.15) is 12.2 Å². The minimum absolute atomic E-state index is 0.268. The number of epoxide rings is 1. The third kappa shape index (κ3) is 4.66. The number of aliphatic hydroxyl groups is 1. The maximum Gasteiger partial charge on any atom is 0.104 e. The van der Waals surface area contributed by atoms with Crippen LogP contribution in [0.25, 0.3) is 0 Å². The molecule has 1 fully saturated rings. The van der Waals surface area contributed by atoms with Gasteiger partial charge in [0.05, 0.1) is 26.4 Å². The van der Waals surface area contributed by atoms with Crippen molar-refractivity contribution in [2.45, 2.75) is 19.1 Å². The fourth-order valence-electron chi connectivity index (χ4n) is 0.802. The minimum atomic E-state index is -0.510. The van der Waals surface area contributed by atoms with E-state index in [1.54, 1.807) is 0 Å². The molecule has 12 heavy (non-hydrogen) atoms. The molecule has 1 rings (SSSR count). The third-order valence-electron chi connectivity index (χ3n) is 1.53. The molecule has 1 N–H and O–H groups in total. The molecule has 2 atom stereocenters. The quantitative estimate of drug-likeness (QED) is 0.546. The minimum Gasteiger partial charge on any atom is -0.388 e. The van der Waals surface area contributed by atoms with Crippen LogP contribution >= 0.6 is 0 Å². The molecule has 0 bridgehead atoms. The van der Waals surface area contributed by atoms with Gasteiger partial charge in [0.2, 0.25) is 0 Å². The monoisotopic (exact) mass is 176 g/mol. The summed E-state index contributed by atoms with van der Waals surface area (Å²) in [4.78, 5) is 0. The van der Waals surface area contributed by atoms with Gasteiger partial charge in [-0.05, 0) is 6.92 Å². The van der Waals surface area contributed by atoms with Crippen LogP contribution in [0.2, 0.25) is 0 Å². The lowest BCUT2D eigenvalue weighted by Gasteiger charge is -2.09. The van der Waals surface area contributed by atoms with Crippen LogP contribution in [0.4, 0.5) is 0 Å². The number of aliphatic hydroxyl groups excluding tert-OH is 1. The topological polar surface area (TPSA) is 51.2 Å². The highest BCUT2D eigenvalue weighted by Crippen LogP contribution is 2.08. The van der Waals surface area contributed by atoms with Gasteiger partial charge in [0.15, 0.2) is 0 Å². The molecule has 0 amide bonds. The summed E-state index contributed by atoms with van der Waals surface area (Å²) in [5.74, 6) is 0. The summed E-state index contributed by atoms with van der Waals surface area (Å²) >= 11 is 0. The molecule has 1 aliphatic heterocycles. The van der Waals surface area contributed by atoms with Gasteiger partial charge in [-0.15, -0.1) is 0 Å². The summed E-state index contributed by atoms with van der Waals surface area (Å²) in [6.07, 6.45) is -0.243. The first-order valence-electron chi connectivity index (χ1n) is 4.28. The molecule has 1 heterocycles. The summed E-state index contributed by atoms with van der Waals surface area (Å²) in [5, 5.41) is 9.22. The highest BCUT2D eigenvalue weighted by molar-refractivity contribution is 4.67. The maximum atomic E-state index is 9.22. The Kier molecular flexibility index (Phi) is 4.53. The van der Waals surface area contributed by atoms with Gasteiger partial charge in [0.25, 0.3) is 0 Å². The second kappa shape index (κ2) is 5.48. The number of hydrogen-bond donors (Lipinski definition) is 1. The Morgan fingerprint density at radius 2 is 2.17 bits per heavy atom. The molecule has 0 saturated carbocycles. The third-order valence-corrected chi connectivity index (χ3v) is 1.53. The Hall–Kier alpha value is -0.160. The Morgan fingerprint density at radius 3 is 2.75 bits per heavy atom. The largest absolute Gasteiger partial charge is 0.388 e. The smallest absolute Gasteiger partial charge is 0.104 e. The van der Waals surface area contributed by atoms with Crippen molar-refractivity contribution in [3.63, 3.8) is 0 Å². The van der Waals surface area contributed by atoms with E-state index in [0.29, 0.717) is 26.4 Å². The average molecular weight is 176 g/mol. The van der Waals surface area contributed by atoms with E-state index in [9.17, 15) is 5.11 Å². The van der Waals surface area contributed by atoms with Gasteiger partial charge >= 0.3 is 0 Å². The van der Waals surface area contributed by atoms with E-state index in [2.05, 4.69) is 0 Å². The van der Waals surface area contributed by atoms with Crippen LogP contribution in [0.3, 0.4) is 0 Å². The average Bonchev–Trinajstić information content (AvgIpc) is 2.84. The van der Waals surface area contributed by atoms with Crippen molar-refractivity contribution in [2.75, 3.05) is 33.0 Å². The first-order valence-corrected chi connectivity index (χ1v) is 4.28. The van der Waals surface area contributed by atoms with E-state index in [0.717, 1.165) is 6.61 Å². The van der Waals surface area contributed by atoms with Gasteiger partial charge in [-0.1, -0.05) is 0 Å². The van der Waals surface area contributed by atoms with Crippen LogP contribution < -0.4 is 0 Å². The van der Waals surface area contributed by atoms with Gasteiger partial charge in [-0.2, -0.15) is 0 Å². The highest BCUT2D eigenvalue weighted by atomic mass is 16.6. The van der Waals surface area contributed by atoms with Gasteiger partial charge in [-0.3, -0.25) is 0 Å². The molecule has 0 aliphatic carbocycles. The molecular formula is C8H16O4. The lowest BCUT2D eigenvalue weighted by Crippen LogP contribution is -2.22. The van der Waals surface area contributed by atoms with Crippen molar-refractivity contribution in [1.29, 1.82) is 0 Å². The molecule has 0 aromatic heterocycles. The Balaban J connectivity index is 1.83. The molecule has 1 saturated heterocycles. The predicted molar refractivity (Wildman–Crippen MR) is 43.1 cm³/mol. The van der Waals surface area contributed by atoms with Crippen molar-refractivity contribution < 1.29 is 19.3 Å². The summed E-state index contributed by atoms with van der Waals surface area (Å²) < 4.78 is 15.1. The first kappa shape index (κ1) is 9.92. The Morgan fingerprint density at radius 1 is 1.50 bits per heavy atom. The van der Waals surface area contributed by atoms with E-state index in [4.69, 9.17) is 14.2 Å². The molecule has 0 spiro atoms. The standard InChI is InChI=1S/C8H16O4/c1-2-10-3-7(9)4-11-5-8-6-12-8/h7-9H,2-6H2,1H3. The summed E-state index contributed by atoms with van der Waals surface area (Å²) in [5.41, 5.74) is 0. The summed E-state index contributed by atoms with van der Waals surface area (Å²) in [6.45, 7) is 4.58. The Labute approximate surface area is 72.4 Å². The van der Waals surface area contributed by atoms with Gasteiger partial charge in [-0.25, -0.2) is 0 Å². The van der Waals surface area contributed by atoms with Crippen LogP contribution in [-0.4, -0.2) is 50.3 Å². The van der Waals surface area contributed by atoms with Crippen molar-refractivity contribution in [3.8, 4) is 0 Å². The fourth-order valence-corrected chi connectivity index (χ4v) is 0.802. The van der Waals surface area contributed by atoms with Gasteiger partial charge in [0, 0.05) is 6.61 Å². The van der Waals surface area contributed by atoms with E-state index in [1.807, 2.05) is 6.92 Å². The molecule has 4 nitrogen and oxygen atoms in total. The summed E-state index contributed by atoms with van der Waals surface area (Å²) in [6, 6.07) is 0.